The Morgan fingerprint density at radius 1 is 1.00 bits per heavy atom. The average molecular weight is 334 g/mol. The van der Waals surface area contributed by atoms with E-state index in [0.717, 1.165) is 18.4 Å². The van der Waals surface area contributed by atoms with Gasteiger partial charge in [0.15, 0.2) is 0 Å². The van der Waals surface area contributed by atoms with Gasteiger partial charge < -0.3 is 9.47 Å². The molecular weight excluding hydrogens is 306 g/mol. The van der Waals surface area contributed by atoms with E-state index in [9.17, 15) is 0 Å². The van der Waals surface area contributed by atoms with Crippen LogP contribution in [0, 0.1) is 5.41 Å². The van der Waals surface area contributed by atoms with Gasteiger partial charge in [0.05, 0.1) is 12.2 Å². The molecule has 2 fully saturated rings. The maximum Gasteiger partial charge on any atom is 0.0971 e. The van der Waals surface area contributed by atoms with Crippen LogP contribution in [0.25, 0.3) is 0 Å². The highest BCUT2D eigenvalue weighted by molar-refractivity contribution is 9.09. The predicted molar refractivity (Wildman–Crippen MR) is 82.0 cm³/mol. The largest absolute Gasteiger partial charge is 0.377 e. The summed E-state index contributed by atoms with van der Waals surface area (Å²) in [6, 6.07) is 0. The molecule has 1 aliphatic heterocycles. The Labute approximate surface area is 126 Å². The van der Waals surface area contributed by atoms with Gasteiger partial charge >= 0.3 is 0 Å². The summed E-state index contributed by atoms with van der Waals surface area (Å²) in [6.07, 6.45) is 8.81. The Balaban J connectivity index is 1.95. The smallest absolute Gasteiger partial charge is 0.0971 e. The Morgan fingerprint density at radius 3 is 1.95 bits per heavy atom. The lowest BCUT2D eigenvalue weighted by atomic mass is 9.82. The molecule has 1 heterocycles. The standard InChI is InChI=1S/C15H28BrNO2/c1-18-13-9-17(10-14(13)19-2)12-15(11-16)7-5-3-4-6-8-15/h13-14H,3-12H2,1-2H3. The molecule has 1 saturated carbocycles. The highest BCUT2D eigenvalue weighted by Crippen LogP contribution is 2.38. The molecule has 0 amide bonds. The third-order valence-corrected chi connectivity index (χ3v) is 6.09. The van der Waals surface area contributed by atoms with E-state index in [1.807, 2.05) is 0 Å². The fourth-order valence-electron chi connectivity index (χ4n) is 3.69. The molecule has 2 aliphatic rings. The first-order valence-electron chi connectivity index (χ1n) is 7.57. The van der Waals surface area contributed by atoms with Gasteiger partial charge in [-0.1, -0.05) is 41.6 Å². The number of alkyl halides is 1. The number of hydrogen-bond donors (Lipinski definition) is 0. The summed E-state index contributed by atoms with van der Waals surface area (Å²) >= 11 is 3.79. The molecule has 0 spiro atoms. The molecule has 3 nitrogen and oxygen atoms in total. The van der Waals surface area contributed by atoms with E-state index in [4.69, 9.17) is 9.47 Å². The summed E-state index contributed by atoms with van der Waals surface area (Å²) in [4.78, 5) is 2.55. The van der Waals surface area contributed by atoms with Crippen LogP contribution in [0.1, 0.15) is 38.5 Å². The third-order valence-electron chi connectivity index (χ3n) is 4.90. The lowest BCUT2D eigenvalue weighted by Crippen LogP contribution is -2.38. The van der Waals surface area contributed by atoms with Crippen LogP contribution in [-0.4, -0.2) is 56.3 Å². The van der Waals surface area contributed by atoms with Crippen LogP contribution >= 0.6 is 15.9 Å². The summed E-state index contributed by atoms with van der Waals surface area (Å²) in [7, 11) is 3.60. The number of nitrogens with zero attached hydrogens (tertiary/aromatic N) is 1. The van der Waals surface area contributed by atoms with E-state index in [0.29, 0.717) is 5.41 Å². The van der Waals surface area contributed by atoms with Gasteiger partial charge in [-0.2, -0.15) is 0 Å². The van der Waals surface area contributed by atoms with E-state index in [1.54, 1.807) is 14.2 Å². The quantitative estimate of drug-likeness (QED) is 0.570. The SMILES string of the molecule is COC1CN(CC2(CBr)CCCCCC2)CC1OC. The van der Waals surface area contributed by atoms with Gasteiger partial charge in [0.2, 0.25) is 0 Å². The van der Waals surface area contributed by atoms with Crippen molar-refractivity contribution in [1.82, 2.24) is 4.90 Å². The van der Waals surface area contributed by atoms with Crippen molar-refractivity contribution in [2.24, 2.45) is 5.41 Å². The fourth-order valence-corrected chi connectivity index (χ4v) is 4.43. The maximum absolute atomic E-state index is 5.55. The summed E-state index contributed by atoms with van der Waals surface area (Å²) in [5.41, 5.74) is 0.470. The monoisotopic (exact) mass is 333 g/mol. The highest BCUT2D eigenvalue weighted by Gasteiger charge is 2.38. The van der Waals surface area contributed by atoms with Crippen molar-refractivity contribution in [2.45, 2.75) is 50.7 Å². The predicted octanol–water partition coefficient (Wildman–Crippen LogP) is 3.07. The lowest BCUT2D eigenvalue weighted by molar-refractivity contribution is -0.00461. The van der Waals surface area contributed by atoms with Gasteiger partial charge in [0, 0.05) is 39.2 Å². The second-order valence-corrected chi connectivity index (χ2v) is 6.85. The fraction of sp³-hybridized carbons (Fsp3) is 1.00. The molecular formula is C15H28BrNO2. The van der Waals surface area contributed by atoms with E-state index in [1.165, 1.54) is 45.1 Å². The van der Waals surface area contributed by atoms with Crippen molar-refractivity contribution < 1.29 is 9.47 Å². The normalized spacial score (nSPS) is 32.4. The first kappa shape index (κ1) is 15.7. The maximum atomic E-state index is 5.55. The van der Waals surface area contributed by atoms with Crippen molar-refractivity contribution >= 4 is 15.9 Å². The molecule has 19 heavy (non-hydrogen) atoms. The zero-order valence-corrected chi connectivity index (χ0v) is 14.0. The molecule has 1 aliphatic carbocycles. The molecule has 0 aromatic heterocycles. The number of halogens is 1. The van der Waals surface area contributed by atoms with Crippen molar-refractivity contribution in [3.63, 3.8) is 0 Å². The molecule has 2 unspecified atom stereocenters. The number of ether oxygens (including phenoxy) is 2. The topological polar surface area (TPSA) is 21.7 Å². The molecule has 0 aromatic carbocycles. The first-order valence-corrected chi connectivity index (χ1v) is 8.69. The Morgan fingerprint density at radius 2 is 1.53 bits per heavy atom. The van der Waals surface area contributed by atoms with Gasteiger partial charge in [-0.05, 0) is 18.3 Å². The zero-order chi connectivity index (χ0) is 13.7. The first-order chi connectivity index (χ1) is 9.23. The van der Waals surface area contributed by atoms with Crippen LogP contribution in [0.5, 0.6) is 0 Å². The highest BCUT2D eigenvalue weighted by atomic mass is 79.9. The van der Waals surface area contributed by atoms with Crippen molar-refractivity contribution in [1.29, 1.82) is 0 Å². The number of likely N-dealkylation sites (tertiary alicyclic amines) is 1. The van der Waals surface area contributed by atoms with Crippen LogP contribution in [0.3, 0.4) is 0 Å². The summed E-state index contributed by atoms with van der Waals surface area (Å²) in [5, 5.41) is 1.13. The number of hydrogen-bond acceptors (Lipinski definition) is 3. The number of methoxy groups -OCH3 is 2. The summed E-state index contributed by atoms with van der Waals surface area (Å²) in [6.45, 7) is 3.23. The minimum absolute atomic E-state index is 0.239. The van der Waals surface area contributed by atoms with E-state index in [2.05, 4.69) is 20.8 Å². The average Bonchev–Trinajstić information content (AvgIpc) is 2.68. The Hall–Kier alpha value is 0.360. The van der Waals surface area contributed by atoms with Crippen LogP contribution in [-0.2, 0) is 9.47 Å². The lowest BCUT2D eigenvalue weighted by Gasteiger charge is -2.35. The van der Waals surface area contributed by atoms with E-state index < -0.39 is 0 Å². The Kier molecular flexibility index (Phi) is 6.12. The molecule has 2 atom stereocenters. The van der Waals surface area contributed by atoms with Gasteiger partial charge in [-0.3, -0.25) is 4.90 Å². The molecule has 1 saturated heterocycles. The van der Waals surface area contributed by atoms with Crippen LogP contribution < -0.4 is 0 Å². The third kappa shape index (κ3) is 3.93. The second-order valence-electron chi connectivity index (χ2n) is 6.29. The van der Waals surface area contributed by atoms with E-state index >= 15 is 0 Å². The van der Waals surface area contributed by atoms with Gasteiger partial charge in [0.25, 0.3) is 0 Å². The molecule has 0 N–H and O–H groups in total. The minimum atomic E-state index is 0.239. The van der Waals surface area contributed by atoms with Crippen LogP contribution in [0.2, 0.25) is 0 Å². The molecule has 0 radical (unpaired) electrons. The molecule has 4 heteroatoms. The summed E-state index contributed by atoms with van der Waals surface area (Å²) < 4.78 is 11.1. The van der Waals surface area contributed by atoms with Crippen molar-refractivity contribution in [3.05, 3.63) is 0 Å². The van der Waals surface area contributed by atoms with Gasteiger partial charge in [0.1, 0.15) is 0 Å². The van der Waals surface area contributed by atoms with Crippen LogP contribution in [0.4, 0.5) is 0 Å². The van der Waals surface area contributed by atoms with Crippen molar-refractivity contribution in [3.8, 4) is 0 Å². The van der Waals surface area contributed by atoms with Gasteiger partial charge in [-0.25, -0.2) is 0 Å². The molecule has 0 bridgehead atoms. The second kappa shape index (κ2) is 7.39. The Bertz CT molecular complexity index is 255. The molecule has 2 rings (SSSR count). The summed E-state index contributed by atoms with van der Waals surface area (Å²) in [5.74, 6) is 0. The van der Waals surface area contributed by atoms with Gasteiger partial charge in [-0.15, -0.1) is 0 Å². The number of rotatable bonds is 5. The molecule has 112 valence electrons. The van der Waals surface area contributed by atoms with E-state index in [-0.39, 0.29) is 12.2 Å². The van der Waals surface area contributed by atoms with Crippen molar-refractivity contribution in [2.75, 3.05) is 39.2 Å². The zero-order valence-electron chi connectivity index (χ0n) is 12.4. The van der Waals surface area contributed by atoms with Crippen LogP contribution in [0.15, 0.2) is 0 Å². The minimum Gasteiger partial charge on any atom is -0.377 e. The molecule has 0 aromatic rings.